The van der Waals surface area contributed by atoms with Gasteiger partial charge in [-0.3, -0.25) is 0 Å². The third kappa shape index (κ3) is 2.05. The molecule has 0 unspecified atom stereocenters. The van der Waals surface area contributed by atoms with Crippen molar-refractivity contribution in [2.75, 3.05) is 5.75 Å². The Bertz CT molecular complexity index is 389. The van der Waals surface area contributed by atoms with Crippen LogP contribution in [0.25, 0.3) is 9.78 Å². The van der Waals surface area contributed by atoms with Gasteiger partial charge in [0.05, 0.1) is 0 Å². The first-order valence-corrected chi connectivity index (χ1v) is 6.69. The number of rotatable bonds is 3. The fourth-order valence-corrected chi connectivity index (χ4v) is 4.25. The average molecular weight is 254 g/mol. The van der Waals surface area contributed by atoms with Crippen LogP contribution in [0.2, 0.25) is 0 Å². The first-order valence-electron chi connectivity index (χ1n) is 3.99. The summed E-state index contributed by atoms with van der Waals surface area (Å²) in [5, 5.41) is 0. The predicted octanol–water partition coefficient (Wildman–Crippen LogP) is 2.57. The van der Waals surface area contributed by atoms with Gasteiger partial charge in [-0.25, -0.2) is 0 Å². The van der Waals surface area contributed by atoms with Crippen LogP contribution >= 0.6 is 11.8 Å². The van der Waals surface area contributed by atoms with E-state index in [-0.39, 0.29) is 0 Å². The van der Waals surface area contributed by atoms with Gasteiger partial charge in [0.2, 0.25) is 0 Å². The van der Waals surface area contributed by atoms with Crippen LogP contribution in [-0.4, -0.2) is 25.2 Å². The Morgan fingerprint density at radius 1 is 1.46 bits per heavy atom. The van der Waals surface area contributed by atoms with Gasteiger partial charge in [0.15, 0.2) is 0 Å². The molecule has 2 aromatic rings. The molecule has 0 amide bonds. The van der Waals surface area contributed by atoms with Crippen LogP contribution in [0.15, 0.2) is 40.8 Å². The molecule has 0 spiro atoms. The fourth-order valence-electron chi connectivity index (χ4n) is 1.04. The van der Waals surface area contributed by atoms with Gasteiger partial charge in [0.25, 0.3) is 0 Å². The number of nitrogens with zero attached hydrogens (tertiary/aromatic N) is 1. The molecule has 3 heteroatoms. The molecular formula is C10H9NSSe. The van der Waals surface area contributed by atoms with E-state index < -0.39 is 0 Å². The molecule has 0 bridgehead atoms. The second-order valence-corrected chi connectivity index (χ2v) is 6.30. The molecule has 0 aliphatic heterocycles. The van der Waals surface area contributed by atoms with Crippen LogP contribution in [0.5, 0.6) is 0 Å². The summed E-state index contributed by atoms with van der Waals surface area (Å²) >= 11 is 2.24. The maximum atomic E-state index is 4.55. The van der Waals surface area contributed by atoms with Crippen LogP contribution in [0.4, 0.5) is 0 Å². The van der Waals surface area contributed by atoms with Crippen LogP contribution in [-0.2, 0) is 0 Å². The van der Waals surface area contributed by atoms with E-state index in [1.165, 1.54) is 8.16 Å². The molecule has 2 rings (SSSR count). The Morgan fingerprint density at radius 3 is 3.08 bits per heavy atom. The molecule has 0 radical (unpaired) electrons. The second-order valence-electron chi connectivity index (χ2n) is 2.55. The first kappa shape index (κ1) is 9.07. The van der Waals surface area contributed by atoms with Crippen molar-refractivity contribution in [1.82, 2.24) is 4.98 Å². The second kappa shape index (κ2) is 4.14. The number of fused-ring (bicyclic) bond motifs is 1. The molecule has 13 heavy (non-hydrogen) atoms. The number of hydrogen-bond donors (Lipinski definition) is 0. The zero-order valence-electron chi connectivity index (χ0n) is 7.06. The molecule has 0 aliphatic carbocycles. The van der Waals surface area contributed by atoms with Crippen molar-refractivity contribution in [2.45, 2.75) is 3.90 Å². The van der Waals surface area contributed by atoms with E-state index in [1.54, 1.807) is 11.8 Å². The van der Waals surface area contributed by atoms with E-state index in [4.69, 9.17) is 0 Å². The van der Waals surface area contributed by atoms with Crippen molar-refractivity contribution >= 4 is 36.0 Å². The van der Waals surface area contributed by atoms with Gasteiger partial charge < -0.3 is 0 Å². The Morgan fingerprint density at radius 2 is 2.31 bits per heavy atom. The fraction of sp³-hybridized carbons (Fsp3) is 0.100. The molecule has 1 heterocycles. The minimum atomic E-state index is 0.435. The molecule has 1 aromatic carbocycles. The van der Waals surface area contributed by atoms with Crippen molar-refractivity contribution in [2.24, 2.45) is 0 Å². The van der Waals surface area contributed by atoms with Gasteiger partial charge >= 0.3 is 87.6 Å². The summed E-state index contributed by atoms with van der Waals surface area (Å²) in [7, 11) is 0. The van der Waals surface area contributed by atoms with Gasteiger partial charge in [-0.1, -0.05) is 0 Å². The molecule has 0 aliphatic rings. The Kier molecular flexibility index (Phi) is 2.89. The summed E-state index contributed by atoms with van der Waals surface area (Å²) in [5.41, 5.74) is 1.16. The molecule has 0 saturated carbocycles. The van der Waals surface area contributed by atoms with E-state index in [0.29, 0.717) is 14.5 Å². The van der Waals surface area contributed by atoms with Gasteiger partial charge in [0, 0.05) is 0 Å². The van der Waals surface area contributed by atoms with E-state index in [2.05, 4.69) is 29.8 Å². The molecule has 0 atom stereocenters. The van der Waals surface area contributed by atoms with Crippen molar-refractivity contribution in [3.63, 3.8) is 0 Å². The quantitative estimate of drug-likeness (QED) is 0.474. The van der Waals surface area contributed by atoms with Gasteiger partial charge in [-0.2, -0.15) is 0 Å². The summed E-state index contributed by atoms with van der Waals surface area (Å²) in [6.45, 7) is 3.70. The normalized spacial score (nSPS) is 10.5. The molecule has 1 aromatic heterocycles. The third-order valence-electron chi connectivity index (χ3n) is 1.60. The predicted molar refractivity (Wildman–Crippen MR) is 59.6 cm³/mol. The number of para-hydroxylation sites is 1. The zero-order chi connectivity index (χ0) is 9.10. The van der Waals surface area contributed by atoms with Crippen LogP contribution in [0, 0.1) is 0 Å². The van der Waals surface area contributed by atoms with Crippen LogP contribution in [0.3, 0.4) is 0 Å². The summed E-state index contributed by atoms with van der Waals surface area (Å²) in [4.78, 5) is 4.55. The molecule has 0 saturated heterocycles. The van der Waals surface area contributed by atoms with Crippen molar-refractivity contribution < 1.29 is 0 Å². The van der Waals surface area contributed by atoms with Crippen molar-refractivity contribution in [3.05, 3.63) is 36.9 Å². The Balaban J connectivity index is 2.32. The number of aromatic nitrogens is 1. The van der Waals surface area contributed by atoms with Crippen molar-refractivity contribution in [1.29, 1.82) is 0 Å². The zero-order valence-corrected chi connectivity index (χ0v) is 9.59. The average Bonchev–Trinajstić information content (AvgIpc) is 2.57. The first-order chi connectivity index (χ1) is 6.40. The minimum absolute atomic E-state index is 0.435. The summed E-state index contributed by atoms with van der Waals surface area (Å²) in [6, 6.07) is 8.37. The maximum absolute atomic E-state index is 4.55. The molecule has 1 nitrogen and oxygen atoms in total. The van der Waals surface area contributed by atoms with Crippen LogP contribution < -0.4 is 0 Å². The summed E-state index contributed by atoms with van der Waals surface area (Å²) in [6.07, 6.45) is 1.92. The third-order valence-corrected chi connectivity index (χ3v) is 5.26. The van der Waals surface area contributed by atoms with Gasteiger partial charge in [-0.05, 0) is 0 Å². The molecule has 66 valence electrons. The van der Waals surface area contributed by atoms with Crippen LogP contribution in [0.1, 0.15) is 0 Å². The SMILES string of the molecule is C=CCSc1nc2ccccc2[se]1. The van der Waals surface area contributed by atoms with Gasteiger partial charge in [0.1, 0.15) is 0 Å². The number of hydrogen-bond acceptors (Lipinski definition) is 2. The van der Waals surface area contributed by atoms with E-state index >= 15 is 0 Å². The monoisotopic (exact) mass is 255 g/mol. The molecule has 0 N–H and O–H groups in total. The number of thioether (sulfide) groups is 1. The van der Waals surface area contributed by atoms with E-state index in [0.717, 1.165) is 11.3 Å². The molecular weight excluding hydrogens is 245 g/mol. The Hall–Kier alpha value is -0.501. The summed E-state index contributed by atoms with van der Waals surface area (Å²) in [5.74, 6) is 0.967. The Labute approximate surface area is 87.6 Å². The molecule has 0 fully saturated rings. The van der Waals surface area contributed by atoms with Crippen molar-refractivity contribution in [3.8, 4) is 0 Å². The number of benzene rings is 1. The summed E-state index contributed by atoms with van der Waals surface area (Å²) < 4.78 is 2.68. The van der Waals surface area contributed by atoms with Gasteiger partial charge in [-0.15, -0.1) is 0 Å². The topological polar surface area (TPSA) is 12.9 Å². The van der Waals surface area contributed by atoms with E-state index in [1.807, 2.05) is 12.1 Å². The van der Waals surface area contributed by atoms with E-state index in [9.17, 15) is 0 Å². The standard InChI is InChI=1S/C10H9NSSe/c1-2-7-12-10-11-8-5-3-4-6-9(8)13-10/h2-6H,1,7H2.